The molecular formula is C20H16N6O3. The zero-order valence-electron chi connectivity index (χ0n) is 15.6. The van der Waals surface area contributed by atoms with E-state index in [2.05, 4.69) is 20.3 Å². The highest BCUT2D eigenvalue weighted by atomic mass is 16.5. The summed E-state index contributed by atoms with van der Waals surface area (Å²) in [6.07, 6.45) is 3.38. The van der Waals surface area contributed by atoms with E-state index in [1.807, 2.05) is 30.3 Å². The van der Waals surface area contributed by atoms with Gasteiger partial charge in [-0.3, -0.25) is 4.40 Å². The van der Waals surface area contributed by atoms with Crippen LogP contribution in [0.1, 0.15) is 0 Å². The monoisotopic (exact) mass is 388 g/mol. The summed E-state index contributed by atoms with van der Waals surface area (Å²) in [4.78, 5) is 4.58. The molecule has 5 aromatic rings. The van der Waals surface area contributed by atoms with Crippen LogP contribution in [0.2, 0.25) is 0 Å². The van der Waals surface area contributed by atoms with Crippen molar-refractivity contribution in [3.8, 4) is 34.3 Å². The Morgan fingerprint density at radius 1 is 0.931 bits per heavy atom. The lowest BCUT2D eigenvalue weighted by atomic mass is 10.1. The zero-order chi connectivity index (χ0) is 20.0. The number of methoxy groups -OCH3 is 2. The third-order valence-corrected chi connectivity index (χ3v) is 4.71. The molecule has 9 nitrogen and oxygen atoms in total. The van der Waals surface area contributed by atoms with Crippen molar-refractivity contribution in [1.29, 1.82) is 0 Å². The van der Waals surface area contributed by atoms with Gasteiger partial charge in [0.25, 0.3) is 0 Å². The predicted octanol–water partition coefficient (Wildman–Crippen LogP) is 2.85. The molecule has 9 heteroatoms. The third-order valence-electron chi connectivity index (χ3n) is 4.71. The highest BCUT2D eigenvalue weighted by molar-refractivity contribution is 5.90. The fraction of sp³-hybridized carbons (Fsp3) is 0.100. The first-order chi connectivity index (χ1) is 14.2. The van der Waals surface area contributed by atoms with Gasteiger partial charge in [0.2, 0.25) is 5.75 Å². The second-order valence-corrected chi connectivity index (χ2v) is 6.32. The minimum Gasteiger partial charge on any atom is -0.502 e. The highest BCUT2D eigenvalue weighted by Crippen LogP contribution is 2.40. The Labute approximate surface area is 164 Å². The highest BCUT2D eigenvalue weighted by Gasteiger charge is 2.18. The normalized spacial score (nSPS) is 11.2. The number of benzene rings is 2. The first-order valence-corrected chi connectivity index (χ1v) is 8.79. The first kappa shape index (κ1) is 17.0. The molecule has 0 atom stereocenters. The summed E-state index contributed by atoms with van der Waals surface area (Å²) in [6.45, 7) is 0. The van der Waals surface area contributed by atoms with Crippen LogP contribution in [0.3, 0.4) is 0 Å². The van der Waals surface area contributed by atoms with Crippen molar-refractivity contribution in [3.05, 3.63) is 55.0 Å². The van der Waals surface area contributed by atoms with Crippen LogP contribution in [-0.2, 0) is 0 Å². The van der Waals surface area contributed by atoms with E-state index in [9.17, 15) is 5.11 Å². The number of phenolic OH excluding ortho intramolecular Hbond substituents is 1. The van der Waals surface area contributed by atoms with E-state index in [-0.39, 0.29) is 17.2 Å². The van der Waals surface area contributed by atoms with Gasteiger partial charge >= 0.3 is 0 Å². The Morgan fingerprint density at radius 2 is 1.66 bits per heavy atom. The second kappa shape index (κ2) is 6.48. The Morgan fingerprint density at radius 3 is 2.34 bits per heavy atom. The molecule has 0 fully saturated rings. The Hall–Kier alpha value is -4.14. The van der Waals surface area contributed by atoms with Crippen LogP contribution >= 0.6 is 0 Å². The van der Waals surface area contributed by atoms with Crippen molar-refractivity contribution in [2.24, 2.45) is 0 Å². The molecule has 29 heavy (non-hydrogen) atoms. The van der Waals surface area contributed by atoms with Gasteiger partial charge in [-0.05, 0) is 24.3 Å². The van der Waals surface area contributed by atoms with Crippen LogP contribution in [-0.4, -0.2) is 48.7 Å². The molecule has 0 bridgehead atoms. The lowest BCUT2D eigenvalue weighted by molar-refractivity contribution is 0.340. The maximum Gasteiger partial charge on any atom is 0.200 e. The number of nitrogens with zero attached hydrogens (tertiary/aromatic N) is 6. The number of fused-ring (bicyclic) bond motifs is 3. The van der Waals surface area contributed by atoms with Crippen LogP contribution in [0.25, 0.3) is 33.8 Å². The first-order valence-electron chi connectivity index (χ1n) is 8.79. The molecule has 0 aliphatic rings. The summed E-state index contributed by atoms with van der Waals surface area (Å²) in [5, 5.41) is 24.1. The zero-order valence-corrected chi connectivity index (χ0v) is 15.6. The van der Waals surface area contributed by atoms with E-state index in [0.717, 1.165) is 11.1 Å². The molecule has 0 radical (unpaired) electrons. The quantitative estimate of drug-likeness (QED) is 0.505. The molecule has 0 aliphatic carbocycles. The summed E-state index contributed by atoms with van der Waals surface area (Å²) < 4.78 is 14.0. The van der Waals surface area contributed by atoms with E-state index in [4.69, 9.17) is 9.47 Å². The fourth-order valence-electron chi connectivity index (χ4n) is 3.30. The molecule has 0 amide bonds. The summed E-state index contributed by atoms with van der Waals surface area (Å²) in [6, 6.07) is 13.1. The topological polar surface area (TPSA) is 99.6 Å². The van der Waals surface area contributed by atoms with Crippen LogP contribution in [0, 0.1) is 0 Å². The lowest BCUT2D eigenvalue weighted by Gasteiger charge is -2.10. The predicted molar refractivity (Wildman–Crippen MR) is 106 cm³/mol. The number of hydrogen-bond donors (Lipinski definition) is 1. The van der Waals surface area contributed by atoms with Crippen molar-refractivity contribution in [1.82, 2.24) is 29.4 Å². The van der Waals surface area contributed by atoms with E-state index in [1.54, 1.807) is 33.7 Å². The van der Waals surface area contributed by atoms with Gasteiger partial charge < -0.3 is 14.6 Å². The number of rotatable bonds is 4. The number of ether oxygens (including phenoxy) is 2. The molecule has 2 aromatic carbocycles. The third kappa shape index (κ3) is 2.55. The maximum atomic E-state index is 10.2. The van der Waals surface area contributed by atoms with Gasteiger partial charge in [-0.2, -0.15) is 5.10 Å². The molecule has 0 aliphatic heterocycles. The molecule has 0 unspecified atom stereocenters. The largest absolute Gasteiger partial charge is 0.502 e. The molecule has 5 rings (SSSR count). The van der Waals surface area contributed by atoms with Gasteiger partial charge in [0, 0.05) is 5.56 Å². The van der Waals surface area contributed by atoms with Gasteiger partial charge in [0.1, 0.15) is 6.33 Å². The molecule has 144 valence electrons. The summed E-state index contributed by atoms with van der Waals surface area (Å²) in [5.41, 5.74) is 2.88. The number of aromatic hydroxyl groups is 1. The average Bonchev–Trinajstić information content (AvgIpc) is 3.38. The van der Waals surface area contributed by atoms with Crippen molar-refractivity contribution in [2.45, 2.75) is 0 Å². The van der Waals surface area contributed by atoms with Crippen molar-refractivity contribution < 1.29 is 14.6 Å². The van der Waals surface area contributed by atoms with Crippen LogP contribution in [0.5, 0.6) is 17.2 Å². The summed E-state index contributed by atoms with van der Waals surface area (Å²) >= 11 is 0. The molecule has 3 heterocycles. The number of aromatic nitrogens is 6. The van der Waals surface area contributed by atoms with E-state index < -0.39 is 0 Å². The molecule has 0 spiro atoms. The van der Waals surface area contributed by atoms with Gasteiger partial charge in [-0.15, -0.1) is 10.2 Å². The number of para-hydroxylation sites is 1. The Kier molecular flexibility index (Phi) is 3.80. The maximum absolute atomic E-state index is 10.2. The molecule has 0 saturated heterocycles. The van der Waals surface area contributed by atoms with Crippen molar-refractivity contribution >= 4 is 16.7 Å². The Bertz CT molecular complexity index is 1320. The van der Waals surface area contributed by atoms with Gasteiger partial charge in [0.15, 0.2) is 28.6 Å². The van der Waals surface area contributed by atoms with E-state index in [0.29, 0.717) is 22.7 Å². The van der Waals surface area contributed by atoms with E-state index in [1.165, 1.54) is 14.2 Å². The van der Waals surface area contributed by atoms with Crippen LogP contribution in [0.15, 0.2) is 55.0 Å². The van der Waals surface area contributed by atoms with Gasteiger partial charge in [0.05, 0.1) is 31.5 Å². The van der Waals surface area contributed by atoms with Crippen LogP contribution < -0.4 is 9.47 Å². The van der Waals surface area contributed by atoms with Gasteiger partial charge in [-0.25, -0.2) is 9.67 Å². The minimum atomic E-state index is -0.0720. The van der Waals surface area contributed by atoms with Crippen molar-refractivity contribution in [2.75, 3.05) is 14.2 Å². The smallest absolute Gasteiger partial charge is 0.200 e. The molecular weight excluding hydrogens is 372 g/mol. The lowest BCUT2D eigenvalue weighted by Crippen LogP contribution is -1.99. The summed E-state index contributed by atoms with van der Waals surface area (Å²) in [5.74, 6) is 1.03. The molecule has 0 saturated carbocycles. The second-order valence-electron chi connectivity index (χ2n) is 6.32. The minimum absolute atomic E-state index is 0.0720. The molecule has 1 N–H and O–H groups in total. The summed E-state index contributed by atoms with van der Waals surface area (Å²) in [7, 11) is 2.95. The van der Waals surface area contributed by atoms with Crippen LogP contribution in [0.4, 0.5) is 0 Å². The van der Waals surface area contributed by atoms with Crippen molar-refractivity contribution in [3.63, 3.8) is 0 Å². The average molecular weight is 388 g/mol. The fourth-order valence-corrected chi connectivity index (χ4v) is 3.30. The standard InChI is InChI=1S/C20H16N6O3/c1-28-15-8-12(9-16(29-2)17(15)27)18-23-24-20-14-10-22-26(13-6-4-3-5-7-13)19(14)21-11-25(18)20/h3-11,27H,1-2H3. The number of hydrogen-bond acceptors (Lipinski definition) is 7. The van der Waals surface area contributed by atoms with Gasteiger partial charge in [-0.1, -0.05) is 18.2 Å². The number of phenols is 1. The molecule has 3 aromatic heterocycles. The van der Waals surface area contributed by atoms with E-state index >= 15 is 0 Å². The Balaban J connectivity index is 1.70. The SMILES string of the molecule is COc1cc(-c2nnc3c4cnn(-c5ccccc5)c4ncn23)cc(OC)c1O.